The summed E-state index contributed by atoms with van der Waals surface area (Å²) in [7, 11) is 0. The van der Waals surface area contributed by atoms with Crippen molar-refractivity contribution in [3.63, 3.8) is 0 Å². The number of carbonyl (C=O) groups is 1. The molecule has 7 nitrogen and oxygen atoms in total. The van der Waals surface area contributed by atoms with Crippen LogP contribution in [0.2, 0.25) is 0 Å². The van der Waals surface area contributed by atoms with E-state index in [1.54, 1.807) is 0 Å². The van der Waals surface area contributed by atoms with E-state index in [1.807, 2.05) is 54.1 Å². The number of nitrogens with one attached hydrogen (secondary N) is 1. The van der Waals surface area contributed by atoms with E-state index in [9.17, 15) is 4.79 Å². The molecule has 0 aliphatic carbocycles. The van der Waals surface area contributed by atoms with Gasteiger partial charge in [0.1, 0.15) is 5.75 Å². The van der Waals surface area contributed by atoms with Crippen molar-refractivity contribution in [2.24, 2.45) is 0 Å². The zero-order valence-corrected chi connectivity index (χ0v) is 21.2. The molecule has 176 valence electrons. The molecule has 1 unspecified atom stereocenters. The van der Waals surface area contributed by atoms with Crippen LogP contribution in [-0.4, -0.2) is 31.4 Å². The predicted octanol–water partition coefficient (Wildman–Crippen LogP) is 5.91. The number of benzene rings is 2. The molecule has 0 aliphatic rings. The summed E-state index contributed by atoms with van der Waals surface area (Å²) in [5, 5.41) is 14.7. The van der Waals surface area contributed by atoms with Crippen LogP contribution in [0.5, 0.6) is 5.75 Å². The number of amides is 1. The van der Waals surface area contributed by atoms with Crippen LogP contribution >= 0.6 is 23.1 Å². The molecule has 2 heterocycles. The van der Waals surface area contributed by atoms with Crippen molar-refractivity contribution in [1.29, 1.82) is 0 Å². The number of thioether (sulfide) groups is 1. The highest BCUT2D eigenvalue weighted by Gasteiger charge is 2.19. The van der Waals surface area contributed by atoms with E-state index in [2.05, 4.69) is 52.5 Å². The van der Waals surface area contributed by atoms with Crippen molar-refractivity contribution in [3.8, 4) is 17.0 Å². The van der Waals surface area contributed by atoms with E-state index in [0.29, 0.717) is 16.8 Å². The quantitative estimate of drug-likeness (QED) is 0.292. The van der Waals surface area contributed by atoms with Crippen LogP contribution in [0.25, 0.3) is 11.3 Å². The van der Waals surface area contributed by atoms with Crippen molar-refractivity contribution >= 4 is 34.1 Å². The summed E-state index contributed by atoms with van der Waals surface area (Å²) in [5.41, 5.74) is 4.37. The van der Waals surface area contributed by atoms with Gasteiger partial charge in [0.15, 0.2) is 22.2 Å². The molecule has 0 aliphatic heterocycles. The van der Waals surface area contributed by atoms with Gasteiger partial charge in [-0.2, -0.15) is 0 Å². The lowest BCUT2D eigenvalue weighted by Crippen LogP contribution is -2.15. The van der Waals surface area contributed by atoms with E-state index in [0.717, 1.165) is 22.8 Å². The minimum Gasteiger partial charge on any atom is -0.483 e. The van der Waals surface area contributed by atoms with Crippen molar-refractivity contribution in [3.05, 3.63) is 70.9 Å². The van der Waals surface area contributed by atoms with Crippen LogP contribution < -0.4 is 10.1 Å². The first-order valence-corrected chi connectivity index (χ1v) is 12.9. The lowest BCUT2D eigenvalue weighted by molar-refractivity contribution is -0.113. The maximum absolute atomic E-state index is 12.6. The number of hydrogen-bond acceptors (Lipinski definition) is 7. The number of rotatable bonds is 9. The molecule has 0 spiro atoms. The first kappa shape index (κ1) is 24.0. The van der Waals surface area contributed by atoms with Crippen LogP contribution in [0.15, 0.2) is 59.1 Å². The number of ether oxygens (including phenoxy) is 1. The molecule has 0 bridgehead atoms. The largest absolute Gasteiger partial charge is 0.483 e. The summed E-state index contributed by atoms with van der Waals surface area (Å²) in [5.74, 6) is 1.58. The Balaban J connectivity index is 1.36. The molecule has 0 saturated carbocycles. The molecule has 4 rings (SSSR count). The van der Waals surface area contributed by atoms with Crippen LogP contribution in [0.4, 0.5) is 5.13 Å². The zero-order valence-electron chi connectivity index (χ0n) is 19.6. The van der Waals surface area contributed by atoms with E-state index in [4.69, 9.17) is 4.74 Å². The van der Waals surface area contributed by atoms with Gasteiger partial charge in [0.05, 0.1) is 11.4 Å². The van der Waals surface area contributed by atoms with Crippen molar-refractivity contribution in [2.45, 2.75) is 45.5 Å². The average Bonchev–Trinajstić information content (AvgIpc) is 3.47. The van der Waals surface area contributed by atoms with Crippen molar-refractivity contribution in [2.75, 3.05) is 11.1 Å². The lowest BCUT2D eigenvalue weighted by atomic mass is 10.1. The molecule has 0 fully saturated rings. The van der Waals surface area contributed by atoms with Gasteiger partial charge in [-0.15, -0.1) is 21.5 Å². The minimum atomic E-state index is -0.267. The van der Waals surface area contributed by atoms with Crippen molar-refractivity contribution < 1.29 is 9.53 Å². The van der Waals surface area contributed by atoms with Crippen LogP contribution in [0.3, 0.4) is 0 Å². The number of anilines is 1. The molecule has 1 atom stereocenters. The third-order valence-corrected chi connectivity index (χ3v) is 7.09. The number of hydrogen-bond donors (Lipinski definition) is 1. The molecule has 4 aromatic rings. The van der Waals surface area contributed by atoms with E-state index >= 15 is 0 Å². The van der Waals surface area contributed by atoms with E-state index in [1.165, 1.54) is 34.2 Å². The minimum absolute atomic E-state index is 0.133. The molecule has 0 radical (unpaired) electrons. The molecule has 9 heteroatoms. The van der Waals surface area contributed by atoms with E-state index in [-0.39, 0.29) is 17.8 Å². The van der Waals surface area contributed by atoms with Crippen LogP contribution in [0, 0.1) is 13.8 Å². The zero-order chi connectivity index (χ0) is 24.1. The summed E-state index contributed by atoms with van der Waals surface area (Å²) in [6.07, 6.45) is -0.267. The van der Waals surface area contributed by atoms with Crippen LogP contribution in [-0.2, 0) is 11.3 Å². The highest BCUT2D eigenvalue weighted by Crippen LogP contribution is 2.27. The number of carbonyl (C=O) groups excluding carboxylic acids is 1. The Bertz CT molecular complexity index is 1270. The first-order chi connectivity index (χ1) is 16.4. The Morgan fingerprint density at radius 1 is 1.15 bits per heavy atom. The molecule has 2 aromatic carbocycles. The van der Waals surface area contributed by atoms with Gasteiger partial charge in [0.2, 0.25) is 5.91 Å². The Hall–Kier alpha value is -3.17. The SMILES string of the molecule is CCn1c(SCC(=O)Nc2nc(-c3ccc(C)c(C)c3)cs2)nnc1C(C)Oc1ccccc1. The molecular formula is C25H27N5O2S2. The Morgan fingerprint density at radius 3 is 2.68 bits per heavy atom. The fraction of sp³-hybridized carbons (Fsp3) is 0.280. The molecule has 1 N–H and O–H groups in total. The topological polar surface area (TPSA) is 81.9 Å². The van der Waals surface area contributed by atoms with Gasteiger partial charge in [-0.05, 0) is 57.0 Å². The monoisotopic (exact) mass is 493 g/mol. The van der Waals surface area contributed by atoms with Gasteiger partial charge < -0.3 is 14.6 Å². The second-order valence-corrected chi connectivity index (χ2v) is 9.63. The van der Waals surface area contributed by atoms with Crippen molar-refractivity contribution in [1.82, 2.24) is 19.7 Å². The third-order valence-electron chi connectivity index (χ3n) is 5.37. The maximum atomic E-state index is 12.6. The number of thiazole rings is 1. The normalized spacial score (nSPS) is 11.9. The molecular weight excluding hydrogens is 466 g/mol. The Morgan fingerprint density at radius 2 is 1.94 bits per heavy atom. The average molecular weight is 494 g/mol. The van der Waals surface area contributed by atoms with Gasteiger partial charge in [0, 0.05) is 17.5 Å². The molecule has 34 heavy (non-hydrogen) atoms. The summed E-state index contributed by atoms with van der Waals surface area (Å²) < 4.78 is 7.97. The standard InChI is InChI=1S/C25H27N5O2S2/c1-5-30-23(18(4)32-20-9-7-6-8-10-20)28-29-25(30)34-15-22(31)27-24-26-21(14-33-24)19-12-11-16(2)17(3)13-19/h6-14,18H,5,15H2,1-4H3,(H,26,27,31). The van der Waals surface area contributed by atoms with Crippen LogP contribution in [0.1, 0.15) is 36.9 Å². The summed E-state index contributed by atoms with van der Waals surface area (Å²) in [4.78, 5) is 17.1. The molecule has 2 aromatic heterocycles. The molecule has 0 saturated heterocycles. The number of aryl methyl sites for hydroxylation is 2. The Kier molecular flexibility index (Phi) is 7.64. The molecule has 1 amide bonds. The predicted molar refractivity (Wildman–Crippen MR) is 138 cm³/mol. The highest BCUT2D eigenvalue weighted by atomic mass is 32.2. The van der Waals surface area contributed by atoms with Gasteiger partial charge in [-0.1, -0.05) is 42.1 Å². The highest BCUT2D eigenvalue weighted by molar-refractivity contribution is 7.99. The van der Waals surface area contributed by atoms with Gasteiger partial charge in [-0.25, -0.2) is 4.98 Å². The fourth-order valence-corrected chi connectivity index (χ4v) is 4.96. The Labute approximate surface area is 207 Å². The first-order valence-electron chi connectivity index (χ1n) is 11.0. The maximum Gasteiger partial charge on any atom is 0.236 e. The third kappa shape index (κ3) is 5.66. The van der Waals surface area contributed by atoms with Gasteiger partial charge in [-0.3, -0.25) is 4.79 Å². The summed E-state index contributed by atoms with van der Waals surface area (Å²) >= 11 is 2.77. The number of aromatic nitrogens is 4. The summed E-state index contributed by atoms with van der Waals surface area (Å²) in [6.45, 7) is 8.82. The van der Waals surface area contributed by atoms with Gasteiger partial charge in [0.25, 0.3) is 0 Å². The second kappa shape index (κ2) is 10.8. The van der Waals surface area contributed by atoms with Gasteiger partial charge >= 0.3 is 0 Å². The lowest BCUT2D eigenvalue weighted by Gasteiger charge is -2.15. The number of para-hydroxylation sites is 1. The van der Waals surface area contributed by atoms with E-state index < -0.39 is 0 Å². The fourth-order valence-electron chi connectivity index (χ4n) is 3.41. The summed E-state index contributed by atoms with van der Waals surface area (Å²) in [6, 6.07) is 15.9. The smallest absolute Gasteiger partial charge is 0.236 e. The number of nitrogens with zero attached hydrogens (tertiary/aromatic N) is 4. The second-order valence-electron chi connectivity index (χ2n) is 7.83.